The molecular formula is C27H36N2O3S2. The van der Waals surface area contributed by atoms with E-state index in [9.17, 15) is 9.00 Å². The molecule has 34 heavy (non-hydrogen) atoms. The second-order valence-corrected chi connectivity index (χ2v) is 11.6. The number of nitrogens with zero attached hydrogens (tertiary/aromatic N) is 1. The van der Waals surface area contributed by atoms with Crippen molar-refractivity contribution < 1.29 is 14.1 Å². The highest BCUT2D eigenvalue weighted by atomic mass is 32.2. The van der Waals surface area contributed by atoms with Crippen LogP contribution >= 0.6 is 11.8 Å². The Hall–Kier alpha value is -2.22. The van der Waals surface area contributed by atoms with E-state index in [0.29, 0.717) is 11.3 Å². The van der Waals surface area contributed by atoms with Crippen LogP contribution in [0.5, 0.6) is 0 Å². The third-order valence-electron chi connectivity index (χ3n) is 5.61. The Morgan fingerprint density at radius 1 is 1.12 bits per heavy atom. The quantitative estimate of drug-likeness (QED) is 0.484. The minimum Gasteiger partial charge on any atom is -0.478 e. The zero-order valence-electron chi connectivity index (χ0n) is 21.2. The Kier molecular flexibility index (Phi) is 10.3. The maximum Gasteiger partial charge on any atom is 0.336 e. The number of carboxylic acids is 1. The van der Waals surface area contributed by atoms with Gasteiger partial charge in [-0.15, -0.1) is 11.8 Å². The fourth-order valence-corrected chi connectivity index (χ4v) is 5.06. The molecule has 1 heterocycles. The first-order chi connectivity index (χ1) is 16.0. The molecule has 0 spiro atoms. The lowest BCUT2D eigenvalue weighted by Crippen LogP contribution is -2.13. The van der Waals surface area contributed by atoms with Crippen LogP contribution in [0, 0.1) is 0 Å². The van der Waals surface area contributed by atoms with E-state index in [1.165, 1.54) is 33.5 Å². The zero-order valence-corrected chi connectivity index (χ0v) is 22.8. The van der Waals surface area contributed by atoms with Gasteiger partial charge in [-0.1, -0.05) is 65.0 Å². The first kappa shape index (κ1) is 28.0. The van der Waals surface area contributed by atoms with Crippen molar-refractivity contribution >= 4 is 34.4 Å². The second-order valence-electron chi connectivity index (χ2n) is 8.98. The normalized spacial score (nSPS) is 14.7. The van der Waals surface area contributed by atoms with Gasteiger partial charge in [0.1, 0.15) is 11.0 Å². The van der Waals surface area contributed by atoms with Crippen molar-refractivity contribution in [3.05, 3.63) is 75.3 Å². The summed E-state index contributed by atoms with van der Waals surface area (Å²) < 4.78 is 14.0. The fraction of sp³-hybridized carbons (Fsp3) is 0.407. The topological polar surface area (TPSA) is 78.8 Å². The van der Waals surface area contributed by atoms with Crippen LogP contribution in [0.15, 0.2) is 63.0 Å². The number of thioether (sulfide) groups is 1. The van der Waals surface area contributed by atoms with E-state index in [2.05, 4.69) is 63.6 Å². The minimum absolute atomic E-state index is 0.215. The lowest BCUT2D eigenvalue weighted by Gasteiger charge is -2.20. The van der Waals surface area contributed by atoms with Crippen molar-refractivity contribution in [3.63, 3.8) is 0 Å². The molecule has 184 valence electrons. The third-order valence-corrected chi connectivity index (χ3v) is 7.75. The summed E-state index contributed by atoms with van der Waals surface area (Å²) in [5.41, 5.74) is 6.28. The van der Waals surface area contributed by atoms with Gasteiger partial charge >= 0.3 is 5.97 Å². The third kappa shape index (κ3) is 7.39. The number of hydrogen-bond acceptors (Lipinski definition) is 4. The summed E-state index contributed by atoms with van der Waals surface area (Å²) in [5, 5.41) is 8.96. The molecule has 1 unspecified atom stereocenters. The van der Waals surface area contributed by atoms with Gasteiger partial charge in [-0.2, -0.15) is 0 Å². The molecule has 1 aliphatic heterocycles. The molecule has 5 nitrogen and oxygen atoms in total. The highest BCUT2D eigenvalue weighted by Crippen LogP contribution is 2.29. The molecule has 2 N–H and O–H groups in total. The summed E-state index contributed by atoms with van der Waals surface area (Å²) in [4.78, 5) is 17.6. The minimum atomic E-state index is -1.34. The summed E-state index contributed by atoms with van der Waals surface area (Å²) in [6.07, 6.45) is 1.66. The number of nitrogens with one attached hydrogen (secondary N) is 1. The molecule has 0 saturated heterocycles. The van der Waals surface area contributed by atoms with Crippen LogP contribution in [0.25, 0.3) is 0 Å². The van der Waals surface area contributed by atoms with E-state index < -0.39 is 17.0 Å². The molecule has 2 aromatic rings. The van der Waals surface area contributed by atoms with Crippen LogP contribution in [0.4, 0.5) is 0 Å². The highest BCUT2D eigenvalue weighted by Gasteiger charge is 2.16. The lowest BCUT2D eigenvalue weighted by molar-refractivity contribution is 0.0695. The van der Waals surface area contributed by atoms with Crippen molar-refractivity contribution in [2.45, 2.75) is 64.7 Å². The number of carboxylic acid groups (broad SMARTS) is 1. The lowest BCUT2D eigenvalue weighted by atomic mass is 9.86. The molecule has 7 heteroatoms. The number of carbonyl (C=O) groups is 1. The number of rotatable bonds is 6. The van der Waals surface area contributed by atoms with Gasteiger partial charge in [0.15, 0.2) is 0 Å². The van der Waals surface area contributed by atoms with Crippen LogP contribution in [0.1, 0.15) is 75.0 Å². The van der Waals surface area contributed by atoms with Crippen LogP contribution in [0.2, 0.25) is 0 Å². The van der Waals surface area contributed by atoms with Crippen LogP contribution < -0.4 is 4.72 Å². The van der Waals surface area contributed by atoms with Gasteiger partial charge in [0, 0.05) is 16.4 Å². The largest absolute Gasteiger partial charge is 0.478 e. The van der Waals surface area contributed by atoms with Gasteiger partial charge < -0.3 is 5.11 Å². The molecule has 2 aromatic carbocycles. The van der Waals surface area contributed by atoms with E-state index in [1.807, 2.05) is 18.7 Å². The first-order valence-electron chi connectivity index (χ1n) is 11.5. The van der Waals surface area contributed by atoms with E-state index in [4.69, 9.17) is 10.1 Å². The smallest absolute Gasteiger partial charge is 0.336 e. The Morgan fingerprint density at radius 3 is 2.26 bits per heavy atom. The Morgan fingerprint density at radius 2 is 1.76 bits per heavy atom. The molecule has 0 saturated carbocycles. The molecule has 0 radical (unpaired) electrons. The van der Waals surface area contributed by atoms with E-state index >= 15 is 0 Å². The van der Waals surface area contributed by atoms with E-state index in [0.717, 1.165) is 17.7 Å². The van der Waals surface area contributed by atoms with Crippen molar-refractivity contribution in [3.8, 4) is 0 Å². The number of hydrogen-bond donors (Lipinski definition) is 2. The summed E-state index contributed by atoms with van der Waals surface area (Å²) in [6, 6.07) is 13.7. The van der Waals surface area contributed by atoms with Gasteiger partial charge in [0.2, 0.25) is 0 Å². The summed E-state index contributed by atoms with van der Waals surface area (Å²) in [6.45, 7) is 13.0. The van der Waals surface area contributed by atoms with Crippen LogP contribution in [-0.2, 0) is 22.8 Å². The maximum absolute atomic E-state index is 11.4. The van der Waals surface area contributed by atoms with E-state index in [1.54, 1.807) is 19.2 Å². The molecule has 0 aromatic heterocycles. The Balaban J connectivity index is 0.000000248. The number of benzene rings is 2. The molecule has 3 rings (SSSR count). The first-order valence-corrected chi connectivity index (χ1v) is 13.6. The summed E-state index contributed by atoms with van der Waals surface area (Å²) in [5.74, 6) is 0.00583. The standard InChI is InChI=1S/C17H23NS.C10H13NO3S/c1-6-15-12(2)19-11-16(18-15)13-7-9-14(10-8-13)17(3,4)5;1-3-7-4-5-8(15(14)11-2)6-9(7)10(12)13/h7-10H,6,11H2,1-5H3;4-6,11H,3H2,1-2H3,(H,12,13). The van der Waals surface area contributed by atoms with Crippen LogP contribution in [0.3, 0.4) is 0 Å². The average molecular weight is 501 g/mol. The molecule has 0 aliphatic carbocycles. The number of aliphatic imine (C=N–C) groups is 1. The molecule has 1 atom stereocenters. The predicted molar refractivity (Wildman–Crippen MR) is 145 cm³/mol. The number of allylic oxidation sites excluding steroid dienone is 2. The maximum atomic E-state index is 11.4. The van der Waals surface area contributed by atoms with Gasteiger partial charge in [-0.05, 0) is 61.1 Å². The molecule has 0 fully saturated rings. The Bertz CT molecular complexity index is 1100. The van der Waals surface area contributed by atoms with E-state index in [-0.39, 0.29) is 11.0 Å². The summed E-state index contributed by atoms with van der Waals surface area (Å²) in [7, 11) is 0.219. The number of aromatic carboxylic acids is 1. The predicted octanol–water partition coefficient (Wildman–Crippen LogP) is 6.35. The van der Waals surface area contributed by atoms with Gasteiger partial charge in [0.05, 0.1) is 16.2 Å². The monoisotopic (exact) mass is 500 g/mol. The molecule has 0 amide bonds. The summed E-state index contributed by atoms with van der Waals surface area (Å²) >= 11 is 1.91. The van der Waals surface area contributed by atoms with Gasteiger partial charge in [0.25, 0.3) is 0 Å². The average Bonchev–Trinajstić information content (AvgIpc) is 2.83. The van der Waals surface area contributed by atoms with Crippen molar-refractivity contribution in [2.24, 2.45) is 4.99 Å². The highest BCUT2D eigenvalue weighted by molar-refractivity contribution is 8.03. The van der Waals surface area contributed by atoms with Gasteiger partial charge in [-0.3, -0.25) is 4.99 Å². The second kappa shape index (κ2) is 12.5. The molecule has 0 bridgehead atoms. The SMILES string of the molecule is CCC1=C(C)SCC(c2ccc(C(C)(C)C)cc2)=N1.CCc1ccc(S(=O)NC)cc1C(=O)O. The molecule has 1 aliphatic rings. The van der Waals surface area contributed by atoms with Crippen molar-refractivity contribution in [1.82, 2.24) is 4.72 Å². The Labute approximate surface area is 210 Å². The molecular weight excluding hydrogens is 464 g/mol. The number of aryl methyl sites for hydroxylation is 1. The van der Waals surface area contributed by atoms with Crippen molar-refractivity contribution in [1.29, 1.82) is 0 Å². The van der Waals surface area contributed by atoms with Crippen molar-refractivity contribution in [2.75, 3.05) is 12.8 Å². The van der Waals surface area contributed by atoms with Crippen LogP contribution in [-0.4, -0.2) is 33.8 Å². The van der Waals surface area contributed by atoms with Gasteiger partial charge in [-0.25, -0.2) is 13.7 Å². The fourth-order valence-electron chi connectivity index (χ4n) is 3.47. The zero-order chi connectivity index (χ0) is 25.5.